The zero-order valence-corrected chi connectivity index (χ0v) is 14.1. The van der Waals surface area contributed by atoms with Crippen LogP contribution in [0.2, 0.25) is 0 Å². The Hall–Kier alpha value is -2.57. The highest BCUT2D eigenvalue weighted by atomic mass is 16.5. The monoisotopic (exact) mass is 331 g/mol. The Labute approximate surface area is 140 Å². The minimum atomic E-state index is -0.344. The van der Waals surface area contributed by atoms with Gasteiger partial charge in [-0.05, 0) is 39.5 Å². The lowest BCUT2D eigenvalue weighted by Crippen LogP contribution is -2.16. The van der Waals surface area contributed by atoms with E-state index in [0.717, 1.165) is 25.7 Å². The number of methoxy groups -OCH3 is 1. The van der Waals surface area contributed by atoms with Gasteiger partial charge in [-0.25, -0.2) is 4.98 Å². The molecule has 0 aromatic carbocycles. The fourth-order valence-corrected chi connectivity index (χ4v) is 2.82. The van der Waals surface area contributed by atoms with E-state index in [-0.39, 0.29) is 17.7 Å². The van der Waals surface area contributed by atoms with Crippen molar-refractivity contribution in [2.24, 2.45) is 0 Å². The average Bonchev–Trinajstić information content (AvgIpc) is 3.20. The summed E-state index contributed by atoms with van der Waals surface area (Å²) in [5.41, 5.74) is 1.44. The zero-order chi connectivity index (χ0) is 17.1. The molecule has 1 aliphatic carbocycles. The molecule has 1 saturated carbocycles. The van der Waals surface area contributed by atoms with Crippen LogP contribution in [0.1, 0.15) is 47.6 Å². The van der Waals surface area contributed by atoms with Gasteiger partial charge in [-0.15, -0.1) is 0 Å². The van der Waals surface area contributed by atoms with E-state index in [4.69, 9.17) is 14.0 Å². The Morgan fingerprint density at radius 3 is 2.67 bits per heavy atom. The molecule has 0 unspecified atom stereocenters. The quantitative estimate of drug-likeness (QED) is 0.905. The lowest BCUT2D eigenvalue weighted by Gasteiger charge is -2.16. The van der Waals surface area contributed by atoms with Crippen molar-refractivity contribution in [1.82, 2.24) is 10.1 Å². The molecule has 0 radical (unpaired) electrons. The maximum absolute atomic E-state index is 12.5. The van der Waals surface area contributed by atoms with Gasteiger partial charge in [-0.2, -0.15) is 0 Å². The SMILES string of the molecule is COc1cnc(C(=O)Nc2c(C)noc2C)cc1OC1CCCC1. The van der Waals surface area contributed by atoms with Crippen molar-refractivity contribution in [2.45, 2.75) is 45.6 Å². The highest BCUT2D eigenvalue weighted by Crippen LogP contribution is 2.31. The minimum Gasteiger partial charge on any atom is -0.491 e. The summed E-state index contributed by atoms with van der Waals surface area (Å²) in [5.74, 6) is 1.28. The van der Waals surface area contributed by atoms with Gasteiger partial charge < -0.3 is 19.3 Å². The second-order valence-corrected chi connectivity index (χ2v) is 5.90. The van der Waals surface area contributed by atoms with Crippen molar-refractivity contribution in [3.8, 4) is 11.5 Å². The molecule has 2 heterocycles. The lowest BCUT2D eigenvalue weighted by molar-refractivity contribution is 0.102. The number of hydrogen-bond acceptors (Lipinski definition) is 6. The highest BCUT2D eigenvalue weighted by Gasteiger charge is 2.21. The van der Waals surface area contributed by atoms with Gasteiger partial charge in [0.25, 0.3) is 5.91 Å². The molecule has 0 bridgehead atoms. The number of ether oxygens (including phenoxy) is 2. The van der Waals surface area contributed by atoms with Crippen LogP contribution in [0.5, 0.6) is 11.5 Å². The normalized spacial score (nSPS) is 14.6. The number of aryl methyl sites for hydroxylation is 2. The molecule has 2 aromatic heterocycles. The van der Waals surface area contributed by atoms with Gasteiger partial charge in [0.1, 0.15) is 17.1 Å². The van der Waals surface area contributed by atoms with Crippen LogP contribution >= 0.6 is 0 Å². The largest absolute Gasteiger partial charge is 0.491 e. The second-order valence-electron chi connectivity index (χ2n) is 5.90. The number of hydrogen-bond donors (Lipinski definition) is 1. The number of anilines is 1. The summed E-state index contributed by atoms with van der Waals surface area (Å²) in [6.07, 6.45) is 6.04. The number of nitrogens with zero attached hydrogens (tertiary/aromatic N) is 2. The first-order valence-corrected chi connectivity index (χ1v) is 8.03. The first-order chi connectivity index (χ1) is 11.6. The zero-order valence-electron chi connectivity index (χ0n) is 14.1. The molecular formula is C17H21N3O4. The minimum absolute atomic E-state index is 0.166. The summed E-state index contributed by atoms with van der Waals surface area (Å²) in [6, 6.07) is 1.62. The van der Waals surface area contributed by atoms with Gasteiger partial charge in [0.2, 0.25) is 0 Å². The number of pyridine rings is 1. The Balaban J connectivity index is 1.81. The van der Waals surface area contributed by atoms with Crippen molar-refractivity contribution in [3.63, 3.8) is 0 Å². The van der Waals surface area contributed by atoms with Crippen LogP contribution in [0.3, 0.4) is 0 Å². The Morgan fingerprint density at radius 2 is 2.04 bits per heavy atom. The summed E-state index contributed by atoms with van der Waals surface area (Å²) in [7, 11) is 1.56. The molecule has 1 fully saturated rings. The van der Waals surface area contributed by atoms with Crippen LogP contribution in [0, 0.1) is 13.8 Å². The molecule has 1 amide bonds. The fraction of sp³-hybridized carbons (Fsp3) is 0.471. The maximum atomic E-state index is 12.5. The Bertz CT molecular complexity index is 716. The predicted molar refractivity (Wildman–Crippen MR) is 87.6 cm³/mol. The average molecular weight is 331 g/mol. The van der Waals surface area contributed by atoms with Crippen molar-refractivity contribution in [2.75, 3.05) is 12.4 Å². The number of carbonyl (C=O) groups excluding carboxylic acids is 1. The van der Waals surface area contributed by atoms with E-state index >= 15 is 0 Å². The summed E-state index contributed by atoms with van der Waals surface area (Å²) >= 11 is 0. The van der Waals surface area contributed by atoms with Crippen molar-refractivity contribution < 1.29 is 18.8 Å². The molecule has 7 nitrogen and oxygen atoms in total. The molecule has 24 heavy (non-hydrogen) atoms. The van der Waals surface area contributed by atoms with Crippen LogP contribution in [0.15, 0.2) is 16.8 Å². The molecule has 0 atom stereocenters. The molecule has 1 N–H and O–H groups in total. The summed E-state index contributed by atoms with van der Waals surface area (Å²) in [4.78, 5) is 16.6. The third-order valence-electron chi connectivity index (χ3n) is 4.15. The van der Waals surface area contributed by atoms with E-state index in [1.54, 1.807) is 27.0 Å². The summed E-state index contributed by atoms with van der Waals surface area (Å²) < 4.78 is 16.3. The molecule has 128 valence electrons. The standard InChI is InChI=1S/C17H21N3O4/c1-10-16(11(2)24-20-10)19-17(21)13-8-14(15(22-3)9-18-13)23-12-6-4-5-7-12/h8-9,12H,4-7H2,1-3H3,(H,19,21). The lowest BCUT2D eigenvalue weighted by atomic mass is 10.2. The van der Waals surface area contributed by atoms with Crippen LogP contribution in [-0.2, 0) is 0 Å². The molecule has 0 aliphatic heterocycles. The van der Waals surface area contributed by atoms with Gasteiger partial charge in [0.05, 0.1) is 19.4 Å². The fourth-order valence-electron chi connectivity index (χ4n) is 2.82. The van der Waals surface area contributed by atoms with E-state index < -0.39 is 0 Å². The number of rotatable bonds is 5. The first kappa shape index (κ1) is 16.3. The summed E-state index contributed by atoms with van der Waals surface area (Å²) in [6.45, 7) is 3.51. The second kappa shape index (κ2) is 6.90. The maximum Gasteiger partial charge on any atom is 0.274 e. The Kier molecular flexibility index (Phi) is 4.69. The molecule has 3 rings (SSSR count). The highest BCUT2D eigenvalue weighted by molar-refractivity contribution is 6.03. The van der Waals surface area contributed by atoms with E-state index in [0.29, 0.717) is 28.6 Å². The van der Waals surface area contributed by atoms with E-state index in [1.807, 2.05) is 0 Å². The molecule has 0 saturated heterocycles. The predicted octanol–water partition coefficient (Wildman–Crippen LogP) is 3.27. The van der Waals surface area contributed by atoms with E-state index in [2.05, 4.69) is 15.5 Å². The van der Waals surface area contributed by atoms with Crippen molar-refractivity contribution >= 4 is 11.6 Å². The number of amides is 1. The first-order valence-electron chi connectivity index (χ1n) is 8.03. The summed E-state index contributed by atoms with van der Waals surface area (Å²) in [5, 5.41) is 6.60. The van der Waals surface area contributed by atoms with Gasteiger partial charge >= 0.3 is 0 Å². The van der Waals surface area contributed by atoms with Crippen molar-refractivity contribution in [3.05, 3.63) is 29.4 Å². The number of aromatic nitrogens is 2. The number of nitrogens with one attached hydrogen (secondary N) is 1. The van der Waals surface area contributed by atoms with Crippen LogP contribution in [0.25, 0.3) is 0 Å². The molecular weight excluding hydrogens is 310 g/mol. The number of carbonyl (C=O) groups is 1. The van der Waals surface area contributed by atoms with Crippen LogP contribution in [-0.4, -0.2) is 29.3 Å². The van der Waals surface area contributed by atoms with Gasteiger partial charge in [0.15, 0.2) is 17.3 Å². The Morgan fingerprint density at radius 1 is 1.29 bits per heavy atom. The van der Waals surface area contributed by atoms with Gasteiger partial charge in [-0.3, -0.25) is 4.79 Å². The van der Waals surface area contributed by atoms with E-state index in [9.17, 15) is 4.79 Å². The van der Waals surface area contributed by atoms with Gasteiger partial charge in [-0.1, -0.05) is 5.16 Å². The van der Waals surface area contributed by atoms with Gasteiger partial charge in [0, 0.05) is 6.07 Å². The van der Waals surface area contributed by atoms with Crippen LogP contribution < -0.4 is 14.8 Å². The molecule has 0 spiro atoms. The van der Waals surface area contributed by atoms with Crippen LogP contribution in [0.4, 0.5) is 5.69 Å². The smallest absolute Gasteiger partial charge is 0.274 e. The molecule has 2 aromatic rings. The topological polar surface area (TPSA) is 86.5 Å². The van der Waals surface area contributed by atoms with Crippen molar-refractivity contribution in [1.29, 1.82) is 0 Å². The van der Waals surface area contributed by atoms with E-state index in [1.165, 1.54) is 6.20 Å². The third-order valence-corrected chi connectivity index (χ3v) is 4.15. The third kappa shape index (κ3) is 3.34. The molecule has 1 aliphatic rings. The molecule has 7 heteroatoms.